The predicted octanol–water partition coefficient (Wildman–Crippen LogP) is 3.68. The quantitative estimate of drug-likeness (QED) is 0.691. The summed E-state index contributed by atoms with van der Waals surface area (Å²) in [5.74, 6) is 0.0940. The second kappa shape index (κ2) is 7.99. The number of rotatable bonds is 7. The van der Waals surface area contributed by atoms with Gasteiger partial charge in [0.25, 0.3) is 0 Å². The molecule has 3 rings (SSSR count). The third kappa shape index (κ3) is 4.09. The number of aliphatic hydroxyl groups excluding tert-OH is 1. The Morgan fingerprint density at radius 1 is 1.16 bits per heavy atom. The maximum Gasteiger partial charge on any atom is 0.223 e. The van der Waals surface area contributed by atoms with Crippen molar-refractivity contribution in [3.8, 4) is 0 Å². The van der Waals surface area contributed by atoms with Crippen molar-refractivity contribution in [3.63, 3.8) is 0 Å². The monoisotopic (exact) mass is 336 g/mol. The van der Waals surface area contributed by atoms with Gasteiger partial charge in [-0.3, -0.25) is 4.79 Å². The van der Waals surface area contributed by atoms with Crippen LogP contribution >= 0.6 is 0 Å². The molecule has 0 saturated heterocycles. The summed E-state index contributed by atoms with van der Waals surface area (Å²) < 4.78 is 0. The van der Waals surface area contributed by atoms with Gasteiger partial charge in [-0.15, -0.1) is 0 Å². The number of hydrogen-bond donors (Lipinski definition) is 2. The van der Waals surface area contributed by atoms with Gasteiger partial charge in [-0.2, -0.15) is 0 Å². The number of aliphatic hydroxyl groups is 1. The minimum atomic E-state index is -0.0918. The average Bonchev–Trinajstić information content (AvgIpc) is 3.12. The largest absolute Gasteiger partial charge is 0.396 e. The minimum Gasteiger partial charge on any atom is -0.396 e. The van der Waals surface area contributed by atoms with E-state index in [1.165, 1.54) is 5.39 Å². The number of benzene rings is 2. The molecule has 2 N–H and O–H groups in total. The van der Waals surface area contributed by atoms with Gasteiger partial charge in [0, 0.05) is 31.8 Å². The molecule has 4 nitrogen and oxygen atoms in total. The van der Waals surface area contributed by atoms with Crippen LogP contribution in [0.2, 0.25) is 0 Å². The molecule has 0 radical (unpaired) electrons. The first kappa shape index (κ1) is 17.2. The lowest BCUT2D eigenvalue weighted by Crippen LogP contribution is -2.32. The van der Waals surface area contributed by atoms with Gasteiger partial charge < -0.3 is 15.0 Å². The summed E-state index contributed by atoms with van der Waals surface area (Å²) in [6, 6.07) is 18.1. The third-order valence-corrected chi connectivity index (χ3v) is 4.69. The molecule has 0 aliphatic heterocycles. The number of hydrogen-bond acceptors (Lipinski definition) is 2. The number of aromatic amines is 1. The summed E-state index contributed by atoms with van der Waals surface area (Å²) in [7, 11) is 1.82. The van der Waals surface area contributed by atoms with Crippen LogP contribution in [0.3, 0.4) is 0 Å². The first-order valence-electron chi connectivity index (χ1n) is 8.66. The molecular weight excluding hydrogens is 312 g/mol. The Bertz CT molecular complexity index is 826. The lowest BCUT2D eigenvalue weighted by molar-refractivity contribution is -0.132. The van der Waals surface area contributed by atoms with E-state index in [1.54, 1.807) is 4.90 Å². The van der Waals surface area contributed by atoms with Gasteiger partial charge in [0.05, 0.1) is 6.04 Å². The lowest BCUT2D eigenvalue weighted by Gasteiger charge is -2.28. The van der Waals surface area contributed by atoms with Crippen LogP contribution in [0, 0.1) is 0 Å². The van der Waals surface area contributed by atoms with Crippen molar-refractivity contribution in [1.82, 2.24) is 9.88 Å². The number of nitrogens with zero attached hydrogens (tertiary/aromatic N) is 1. The average molecular weight is 336 g/mol. The molecule has 0 saturated carbocycles. The molecule has 1 heterocycles. The Labute approximate surface area is 148 Å². The Morgan fingerprint density at radius 2 is 1.96 bits per heavy atom. The SMILES string of the molecule is CN(C(=O)CCc1ccc2[nH]ccc2c1)C(CCO)c1ccccc1. The second-order valence-corrected chi connectivity index (χ2v) is 6.34. The first-order chi connectivity index (χ1) is 12.2. The van der Waals surface area contributed by atoms with E-state index >= 15 is 0 Å². The van der Waals surface area contributed by atoms with Crippen LogP contribution in [-0.4, -0.2) is 34.6 Å². The van der Waals surface area contributed by atoms with Crippen LogP contribution in [0.15, 0.2) is 60.8 Å². The van der Waals surface area contributed by atoms with Gasteiger partial charge >= 0.3 is 0 Å². The van der Waals surface area contributed by atoms with Gasteiger partial charge in [0.1, 0.15) is 0 Å². The van der Waals surface area contributed by atoms with Crippen molar-refractivity contribution in [2.24, 2.45) is 0 Å². The molecule has 0 spiro atoms. The highest BCUT2D eigenvalue weighted by Crippen LogP contribution is 2.24. The normalized spacial score (nSPS) is 12.2. The van der Waals surface area contributed by atoms with Gasteiger partial charge in [-0.1, -0.05) is 36.4 Å². The molecule has 1 atom stereocenters. The summed E-state index contributed by atoms with van der Waals surface area (Å²) >= 11 is 0. The number of fused-ring (bicyclic) bond motifs is 1. The summed E-state index contributed by atoms with van der Waals surface area (Å²) in [6.07, 6.45) is 3.64. The maximum absolute atomic E-state index is 12.7. The van der Waals surface area contributed by atoms with Crippen LogP contribution in [-0.2, 0) is 11.2 Å². The maximum atomic E-state index is 12.7. The molecule has 4 heteroatoms. The Balaban J connectivity index is 1.66. The number of aryl methyl sites for hydroxylation is 1. The van der Waals surface area contributed by atoms with Crippen LogP contribution < -0.4 is 0 Å². The molecule has 2 aromatic carbocycles. The summed E-state index contributed by atoms with van der Waals surface area (Å²) in [6.45, 7) is 0.0569. The van der Waals surface area contributed by atoms with Crippen LogP contribution in [0.25, 0.3) is 10.9 Å². The Kier molecular flexibility index (Phi) is 5.51. The zero-order chi connectivity index (χ0) is 17.6. The molecular formula is C21H24N2O2. The van der Waals surface area contributed by atoms with Crippen molar-refractivity contribution >= 4 is 16.8 Å². The van der Waals surface area contributed by atoms with E-state index in [2.05, 4.69) is 23.2 Å². The van der Waals surface area contributed by atoms with E-state index in [0.29, 0.717) is 19.3 Å². The molecule has 130 valence electrons. The number of carbonyl (C=O) groups excluding carboxylic acids is 1. The fraction of sp³-hybridized carbons (Fsp3) is 0.286. The van der Waals surface area contributed by atoms with Gasteiger partial charge in [-0.25, -0.2) is 0 Å². The third-order valence-electron chi connectivity index (χ3n) is 4.69. The lowest BCUT2D eigenvalue weighted by atomic mass is 10.0. The number of amides is 1. The van der Waals surface area contributed by atoms with E-state index in [1.807, 2.05) is 49.6 Å². The highest BCUT2D eigenvalue weighted by Gasteiger charge is 2.20. The summed E-state index contributed by atoms with van der Waals surface area (Å²) in [4.78, 5) is 17.6. The number of carbonyl (C=O) groups is 1. The van der Waals surface area contributed by atoms with E-state index in [4.69, 9.17) is 0 Å². The smallest absolute Gasteiger partial charge is 0.223 e. The van der Waals surface area contributed by atoms with Gasteiger partial charge in [0.15, 0.2) is 0 Å². The van der Waals surface area contributed by atoms with Crippen molar-refractivity contribution < 1.29 is 9.90 Å². The van der Waals surface area contributed by atoms with E-state index < -0.39 is 0 Å². The van der Waals surface area contributed by atoms with Crippen LogP contribution in [0.4, 0.5) is 0 Å². The minimum absolute atomic E-state index is 0.0569. The van der Waals surface area contributed by atoms with E-state index in [0.717, 1.165) is 16.6 Å². The zero-order valence-corrected chi connectivity index (χ0v) is 14.5. The fourth-order valence-corrected chi connectivity index (χ4v) is 3.24. The predicted molar refractivity (Wildman–Crippen MR) is 100 cm³/mol. The number of aromatic nitrogens is 1. The van der Waals surface area contributed by atoms with Gasteiger partial charge in [-0.05, 0) is 47.6 Å². The van der Waals surface area contributed by atoms with E-state index in [-0.39, 0.29) is 18.6 Å². The highest BCUT2D eigenvalue weighted by atomic mass is 16.3. The van der Waals surface area contributed by atoms with Crippen molar-refractivity contribution in [3.05, 3.63) is 71.9 Å². The Hall–Kier alpha value is -2.59. The molecule has 0 aliphatic rings. The molecule has 0 bridgehead atoms. The van der Waals surface area contributed by atoms with Gasteiger partial charge in [0.2, 0.25) is 5.91 Å². The highest BCUT2D eigenvalue weighted by molar-refractivity contribution is 5.80. The first-order valence-corrected chi connectivity index (χ1v) is 8.66. The fourth-order valence-electron chi connectivity index (χ4n) is 3.24. The molecule has 0 aliphatic carbocycles. The topological polar surface area (TPSA) is 56.3 Å². The Morgan fingerprint density at radius 3 is 2.72 bits per heavy atom. The van der Waals surface area contributed by atoms with Crippen molar-refractivity contribution in [2.45, 2.75) is 25.3 Å². The van der Waals surface area contributed by atoms with E-state index in [9.17, 15) is 9.90 Å². The molecule has 3 aromatic rings. The molecule has 1 amide bonds. The van der Waals surface area contributed by atoms with Crippen LogP contribution in [0.5, 0.6) is 0 Å². The number of H-pyrrole nitrogens is 1. The molecule has 0 fully saturated rings. The standard InChI is InChI=1S/C21H24N2O2/c1-23(20(12-14-24)17-5-3-2-4-6-17)21(25)10-8-16-7-9-19-18(15-16)11-13-22-19/h2-7,9,11,13,15,20,22,24H,8,10,12,14H2,1H3. The zero-order valence-electron chi connectivity index (χ0n) is 14.5. The van der Waals surface area contributed by atoms with Crippen LogP contribution in [0.1, 0.15) is 30.0 Å². The number of nitrogens with one attached hydrogen (secondary N) is 1. The molecule has 25 heavy (non-hydrogen) atoms. The summed E-state index contributed by atoms with van der Waals surface area (Å²) in [5.41, 5.74) is 3.33. The second-order valence-electron chi connectivity index (χ2n) is 6.34. The summed E-state index contributed by atoms with van der Waals surface area (Å²) in [5, 5.41) is 10.5. The van der Waals surface area contributed by atoms with Crippen molar-refractivity contribution in [2.75, 3.05) is 13.7 Å². The van der Waals surface area contributed by atoms with Crippen molar-refractivity contribution in [1.29, 1.82) is 0 Å². The molecule has 1 unspecified atom stereocenters. The molecule has 1 aromatic heterocycles.